The number of hydrogen-bond donors (Lipinski definition) is 1. The van der Waals surface area contributed by atoms with Gasteiger partial charge in [-0.15, -0.1) is 0 Å². The van der Waals surface area contributed by atoms with Crippen LogP contribution in [0.15, 0.2) is 0 Å². The smallest absolute Gasteiger partial charge is 0.0108 e. The van der Waals surface area contributed by atoms with Crippen LogP contribution in [0.3, 0.4) is 0 Å². The molecule has 2 aliphatic heterocycles. The second-order valence-electron chi connectivity index (χ2n) is 5.75. The molecule has 2 atom stereocenters. The fraction of sp³-hybridized carbons (Fsp3) is 1.00. The molecule has 3 rings (SSSR count). The van der Waals surface area contributed by atoms with Gasteiger partial charge in [0.15, 0.2) is 0 Å². The molecule has 3 fully saturated rings. The summed E-state index contributed by atoms with van der Waals surface area (Å²) in [6, 6.07) is 0.830. The number of nitrogens with zero attached hydrogens (tertiary/aromatic N) is 1. The van der Waals surface area contributed by atoms with Gasteiger partial charge in [-0.05, 0) is 50.6 Å². The van der Waals surface area contributed by atoms with E-state index in [0.29, 0.717) is 0 Å². The molecule has 0 aromatic heterocycles. The highest BCUT2D eigenvalue weighted by atomic mass is 15.2. The standard InChI is InChI=1S/C12H22N2/c1-10(11-3-6-13-7-11)14-8-12(9-14)4-2-5-12/h10-11,13H,2-9H2,1H3. The van der Waals surface area contributed by atoms with Crippen molar-refractivity contribution in [2.75, 3.05) is 26.2 Å². The molecule has 1 saturated carbocycles. The zero-order valence-electron chi connectivity index (χ0n) is 9.26. The molecule has 2 nitrogen and oxygen atoms in total. The first-order valence-corrected chi connectivity index (χ1v) is 6.24. The monoisotopic (exact) mass is 194 g/mol. The summed E-state index contributed by atoms with van der Waals surface area (Å²) < 4.78 is 0. The molecule has 2 heteroatoms. The molecule has 1 N–H and O–H groups in total. The lowest BCUT2D eigenvalue weighted by Crippen LogP contribution is -2.63. The Hall–Kier alpha value is -0.0800. The van der Waals surface area contributed by atoms with E-state index in [4.69, 9.17) is 0 Å². The van der Waals surface area contributed by atoms with Gasteiger partial charge in [-0.2, -0.15) is 0 Å². The third kappa shape index (κ3) is 1.31. The molecule has 2 saturated heterocycles. The highest BCUT2D eigenvalue weighted by molar-refractivity contribution is 5.02. The third-order valence-electron chi connectivity index (χ3n) is 4.85. The van der Waals surface area contributed by atoms with Crippen LogP contribution in [-0.2, 0) is 0 Å². The van der Waals surface area contributed by atoms with Crippen LogP contribution in [0.1, 0.15) is 32.6 Å². The molecular formula is C12H22N2. The lowest BCUT2D eigenvalue weighted by atomic mass is 9.63. The van der Waals surface area contributed by atoms with E-state index in [-0.39, 0.29) is 0 Å². The van der Waals surface area contributed by atoms with Gasteiger partial charge in [-0.1, -0.05) is 6.42 Å². The molecule has 2 heterocycles. The van der Waals surface area contributed by atoms with Gasteiger partial charge < -0.3 is 5.32 Å². The van der Waals surface area contributed by atoms with Gasteiger partial charge in [0.25, 0.3) is 0 Å². The molecular weight excluding hydrogens is 172 g/mol. The van der Waals surface area contributed by atoms with E-state index in [1.807, 2.05) is 0 Å². The molecule has 1 spiro atoms. The average molecular weight is 194 g/mol. The zero-order chi connectivity index (χ0) is 9.60. The first-order chi connectivity index (χ1) is 6.79. The molecule has 14 heavy (non-hydrogen) atoms. The molecule has 0 bridgehead atoms. The van der Waals surface area contributed by atoms with E-state index in [2.05, 4.69) is 17.1 Å². The van der Waals surface area contributed by atoms with Gasteiger partial charge in [-0.25, -0.2) is 0 Å². The zero-order valence-corrected chi connectivity index (χ0v) is 9.26. The summed E-state index contributed by atoms with van der Waals surface area (Å²) in [5, 5.41) is 3.48. The Morgan fingerprint density at radius 3 is 2.64 bits per heavy atom. The van der Waals surface area contributed by atoms with Crippen molar-refractivity contribution in [1.82, 2.24) is 10.2 Å². The van der Waals surface area contributed by atoms with E-state index in [9.17, 15) is 0 Å². The fourth-order valence-electron chi connectivity index (χ4n) is 3.48. The van der Waals surface area contributed by atoms with Crippen LogP contribution in [0.5, 0.6) is 0 Å². The maximum absolute atomic E-state index is 3.48. The summed E-state index contributed by atoms with van der Waals surface area (Å²) in [5.74, 6) is 0.924. The van der Waals surface area contributed by atoms with Gasteiger partial charge in [-0.3, -0.25) is 4.90 Å². The molecule has 3 aliphatic rings. The fourth-order valence-corrected chi connectivity index (χ4v) is 3.48. The van der Waals surface area contributed by atoms with Gasteiger partial charge in [0, 0.05) is 19.1 Å². The summed E-state index contributed by atoms with van der Waals surface area (Å²) in [7, 11) is 0. The SMILES string of the molecule is CC(C1CCNC1)N1CC2(CCC2)C1. The summed E-state index contributed by atoms with van der Waals surface area (Å²) in [4.78, 5) is 2.72. The van der Waals surface area contributed by atoms with Crippen molar-refractivity contribution in [1.29, 1.82) is 0 Å². The highest BCUT2D eigenvalue weighted by Gasteiger charge is 2.49. The maximum atomic E-state index is 3.48. The maximum Gasteiger partial charge on any atom is 0.0108 e. The van der Waals surface area contributed by atoms with Crippen molar-refractivity contribution < 1.29 is 0 Å². The van der Waals surface area contributed by atoms with Crippen molar-refractivity contribution in [2.45, 2.75) is 38.6 Å². The second-order valence-corrected chi connectivity index (χ2v) is 5.75. The lowest BCUT2D eigenvalue weighted by molar-refractivity contribution is -0.0889. The minimum Gasteiger partial charge on any atom is -0.316 e. The molecule has 1 aliphatic carbocycles. The van der Waals surface area contributed by atoms with E-state index in [1.54, 1.807) is 0 Å². The van der Waals surface area contributed by atoms with Crippen molar-refractivity contribution in [3.8, 4) is 0 Å². The average Bonchev–Trinajstić information content (AvgIpc) is 2.49. The van der Waals surface area contributed by atoms with Gasteiger partial charge in [0.05, 0.1) is 0 Å². The topological polar surface area (TPSA) is 15.3 Å². The molecule has 0 aromatic rings. The summed E-state index contributed by atoms with van der Waals surface area (Å²) in [5.41, 5.74) is 0.806. The minimum absolute atomic E-state index is 0.806. The molecule has 0 radical (unpaired) electrons. The predicted octanol–water partition coefficient (Wildman–Crippen LogP) is 1.47. The van der Waals surface area contributed by atoms with Crippen LogP contribution >= 0.6 is 0 Å². The Labute approximate surface area is 87.0 Å². The second kappa shape index (κ2) is 3.21. The lowest BCUT2D eigenvalue weighted by Gasteiger charge is -2.58. The van der Waals surface area contributed by atoms with E-state index in [1.165, 1.54) is 51.9 Å². The number of rotatable bonds is 2. The van der Waals surface area contributed by atoms with Gasteiger partial charge in [0.1, 0.15) is 0 Å². The number of nitrogens with one attached hydrogen (secondary N) is 1. The first kappa shape index (κ1) is 9.17. The largest absolute Gasteiger partial charge is 0.316 e. The van der Waals surface area contributed by atoms with Crippen LogP contribution < -0.4 is 5.32 Å². The van der Waals surface area contributed by atoms with Gasteiger partial charge >= 0.3 is 0 Å². The normalized spacial score (nSPS) is 37.9. The Bertz CT molecular complexity index is 208. The van der Waals surface area contributed by atoms with Crippen molar-refractivity contribution in [3.05, 3.63) is 0 Å². The van der Waals surface area contributed by atoms with Crippen molar-refractivity contribution in [2.24, 2.45) is 11.3 Å². The van der Waals surface area contributed by atoms with Crippen LogP contribution in [0.4, 0.5) is 0 Å². The van der Waals surface area contributed by atoms with Crippen LogP contribution in [0.2, 0.25) is 0 Å². The van der Waals surface area contributed by atoms with Gasteiger partial charge in [0.2, 0.25) is 0 Å². The van der Waals surface area contributed by atoms with E-state index in [0.717, 1.165) is 17.4 Å². The summed E-state index contributed by atoms with van der Waals surface area (Å²) in [6.07, 6.45) is 5.91. The third-order valence-corrected chi connectivity index (χ3v) is 4.85. The Kier molecular flexibility index (Phi) is 2.10. The van der Waals surface area contributed by atoms with E-state index < -0.39 is 0 Å². The molecule has 2 unspecified atom stereocenters. The quantitative estimate of drug-likeness (QED) is 0.716. The van der Waals surface area contributed by atoms with E-state index >= 15 is 0 Å². The Morgan fingerprint density at radius 2 is 2.14 bits per heavy atom. The Morgan fingerprint density at radius 1 is 1.36 bits per heavy atom. The molecule has 0 aromatic carbocycles. The highest BCUT2D eigenvalue weighted by Crippen LogP contribution is 2.49. The summed E-state index contributed by atoms with van der Waals surface area (Å²) in [6.45, 7) is 7.75. The van der Waals surface area contributed by atoms with Crippen LogP contribution in [0.25, 0.3) is 0 Å². The number of hydrogen-bond acceptors (Lipinski definition) is 2. The first-order valence-electron chi connectivity index (χ1n) is 6.24. The van der Waals surface area contributed by atoms with Crippen molar-refractivity contribution >= 4 is 0 Å². The molecule has 80 valence electrons. The molecule has 0 amide bonds. The minimum atomic E-state index is 0.806. The summed E-state index contributed by atoms with van der Waals surface area (Å²) >= 11 is 0. The number of likely N-dealkylation sites (tertiary alicyclic amines) is 1. The van der Waals surface area contributed by atoms with Crippen molar-refractivity contribution in [3.63, 3.8) is 0 Å². The van der Waals surface area contributed by atoms with Crippen LogP contribution in [-0.4, -0.2) is 37.1 Å². The Balaban J connectivity index is 1.52. The predicted molar refractivity (Wildman–Crippen MR) is 58.3 cm³/mol. The van der Waals surface area contributed by atoms with Crippen LogP contribution in [0, 0.1) is 11.3 Å².